The summed E-state index contributed by atoms with van der Waals surface area (Å²) in [4.78, 5) is 54.1. The first-order valence-corrected chi connectivity index (χ1v) is 13.8. The van der Waals surface area contributed by atoms with E-state index in [-0.39, 0.29) is 24.0 Å². The average Bonchev–Trinajstić information content (AvgIpc) is 3.34. The number of anilines is 1. The topological polar surface area (TPSA) is 205 Å². The van der Waals surface area contributed by atoms with Crippen LogP contribution in [0.15, 0.2) is 47.4 Å². The summed E-state index contributed by atoms with van der Waals surface area (Å²) in [7, 11) is 1.57. The molecule has 5 heterocycles. The number of carbonyl (C=O) groups excluding carboxylic acids is 1. The van der Waals surface area contributed by atoms with E-state index in [1.165, 1.54) is 6.07 Å². The number of rotatable bonds is 10. The van der Waals surface area contributed by atoms with Crippen molar-refractivity contribution in [2.45, 2.75) is 19.2 Å². The Hall–Kier alpha value is -4.57. The second kappa shape index (κ2) is 14.7. The lowest BCUT2D eigenvalue weighted by molar-refractivity contribution is -0.134. The number of likely N-dealkylation sites (tertiary alicyclic amines) is 1. The number of hydrogen-bond acceptors (Lipinski definition) is 11. The zero-order valence-electron chi connectivity index (χ0n) is 23.6. The Morgan fingerprint density at radius 3 is 2.64 bits per heavy atom. The lowest BCUT2D eigenvalue weighted by atomic mass is 10.1. The quantitative estimate of drug-likeness (QED) is 0.195. The van der Waals surface area contributed by atoms with Gasteiger partial charge in [-0.2, -0.15) is 0 Å². The molecule has 5 N–H and O–H groups in total. The van der Waals surface area contributed by atoms with Crippen molar-refractivity contribution in [1.29, 1.82) is 0 Å². The molecule has 2 aliphatic heterocycles. The van der Waals surface area contributed by atoms with E-state index in [9.17, 15) is 24.3 Å². The Morgan fingerprint density at radius 2 is 1.93 bits per heavy atom. The van der Waals surface area contributed by atoms with Crippen molar-refractivity contribution >= 4 is 46.3 Å². The molecular weight excluding hydrogens is 600 g/mol. The highest BCUT2D eigenvalue weighted by Crippen LogP contribution is 2.30. The summed E-state index contributed by atoms with van der Waals surface area (Å²) in [5.41, 5.74) is 1.92. The number of hydrogen-bond donors (Lipinski definition) is 5. The molecule has 1 fully saturated rings. The van der Waals surface area contributed by atoms with Crippen LogP contribution >= 0.6 is 11.6 Å². The highest BCUT2D eigenvalue weighted by molar-refractivity contribution is 6.31. The minimum absolute atomic E-state index is 0.00967. The molecule has 0 saturated carbocycles. The third-order valence-corrected chi connectivity index (χ3v) is 7.20. The number of nitrogens with one attached hydrogen (secondary N) is 2. The minimum Gasteiger partial charge on any atom is -0.495 e. The van der Waals surface area contributed by atoms with Crippen LogP contribution in [0.1, 0.15) is 5.69 Å². The molecule has 1 saturated heterocycles. The number of carbonyl (C=O) groups is 3. The van der Waals surface area contributed by atoms with E-state index >= 15 is 0 Å². The van der Waals surface area contributed by atoms with Gasteiger partial charge in [-0.1, -0.05) is 11.6 Å². The number of carboxylic acids is 2. The molecule has 0 aliphatic carbocycles. The van der Waals surface area contributed by atoms with E-state index in [0.717, 1.165) is 11.0 Å². The summed E-state index contributed by atoms with van der Waals surface area (Å²) in [6, 6.07) is 6.68. The van der Waals surface area contributed by atoms with Gasteiger partial charge in [0.2, 0.25) is 0 Å². The maximum Gasteiger partial charge on any atom is 0.328 e. The number of ether oxygens (including phenoxy) is 2. The van der Waals surface area contributed by atoms with Crippen LogP contribution in [0.4, 0.5) is 5.82 Å². The van der Waals surface area contributed by atoms with Gasteiger partial charge in [-0.3, -0.25) is 19.5 Å². The van der Waals surface area contributed by atoms with Gasteiger partial charge < -0.3 is 40.0 Å². The number of aromatic nitrogens is 3. The Labute approximate surface area is 255 Å². The molecule has 16 heteroatoms. The number of aliphatic hydroxyl groups excluding tert-OH is 1. The highest BCUT2D eigenvalue weighted by atomic mass is 35.5. The van der Waals surface area contributed by atoms with Gasteiger partial charge in [0.25, 0.3) is 11.5 Å². The van der Waals surface area contributed by atoms with Crippen molar-refractivity contribution < 1.29 is 39.2 Å². The van der Waals surface area contributed by atoms with Gasteiger partial charge in [0, 0.05) is 75.5 Å². The van der Waals surface area contributed by atoms with Crippen LogP contribution in [0.2, 0.25) is 5.02 Å². The summed E-state index contributed by atoms with van der Waals surface area (Å²) >= 11 is 6.32. The Kier molecular flexibility index (Phi) is 10.8. The number of fused-ring (bicyclic) bond motifs is 2. The molecule has 234 valence electrons. The Morgan fingerprint density at radius 1 is 1.18 bits per heavy atom. The molecule has 0 spiro atoms. The number of aliphatic hydroxyl groups is 1. The fourth-order valence-corrected chi connectivity index (χ4v) is 4.93. The van der Waals surface area contributed by atoms with Crippen molar-refractivity contribution in [3.8, 4) is 11.5 Å². The summed E-state index contributed by atoms with van der Waals surface area (Å²) in [5.74, 6) is -1.37. The summed E-state index contributed by atoms with van der Waals surface area (Å²) < 4.78 is 12.3. The number of carboxylic acid groups (broad SMARTS) is 2. The van der Waals surface area contributed by atoms with Crippen LogP contribution in [-0.4, -0.2) is 98.6 Å². The van der Waals surface area contributed by atoms with Crippen LogP contribution < -0.4 is 25.7 Å². The molecule has 5 rings (SSSR count). The Balaban J connectivity index is 0.000000488. The normalized spacial score (nSPS) is 17.8. The van der Waals surface area contributed by atoms with E-state index in [0.29, 0.717) is 79.5 Å². The van der Waals surface area contributed by atoms with Crippen molar-refractivity contribution in [1.82, 2.24) is 24.8 Å². The molecular formula is C28H31ClN6O9. The summed E-state index contributed by atoms with van der Waals surface area (Å²) in [6.07, 6.45) is 2.25. The van der Waals surface area contributed by atoms with Crippen molar-refractivity contribution in [3.05, 3.63) is 63.7 Å². The van der Waals surface area contributed by atoms with Crippen LogP contribution in [0.3, 0.4) is 0 Å². The SMILES string of the molecule is COc1cnc2ccc(=O)n(CCN3C[C@H](CNCc4nc5c(cc4Cl)OCC(=O)N5)[C@H](O)C3)c2c1.O=C(O)C=CC(=O)O. The van der Waals surface area contributed by atoms with Crippen molar-refractivity contribution in [2.75, 3.05) is 45.2 Å². The van der Waals surface area contributed by atoms with Crippen LogP contribution in [0.25, 0.3) is 11.0 Å². The molecule has 0 radical (unpaired) electrons. The predicted octanol–water partition coefficient (Wildman–Crippen LogP) is 0.579. The van der Waals surface area contributed by atoms with E-state index in [1.54, 1.807) is 30.0 Å². The summed E-state index contributed by atoms with van der Waals surface area (Å²) in [6.45, 7) is 3.18. The third kappa shape index (κ3) is 8.50. The number of halogens is 1. The molecule has 0 aromatic carbocycles. The maximum absolute atomic E-state index is 12.5. The van der Waals surface area contributed by atoms with Gasteiger partial charge in [-0.05, 0) is 6.07 Å². The third-order valence-electron chi connectivity index (χ3n) is 6.87. The molecule has 2 atom stereocenters. The summed E-state index contributed by atoms with van der Waals surface area (Å²) in [5, 5.41) is 32.7. The average molecular weight is 631 g/mol. The predicted molar refractivity (Wildman–Crippen MR) is 158 cm³/mol. The molecule has 1 amide bonds. The van der Waals surface area contributed by atoms with Gasteiger partial charge in [0.1, 0.15) is 5.75 Å². The first-order chi connectivity index (χ1) is 21.0. The first-order valence-electron chi connectivity index (χ1n) is 13.4. The highest BCUT2D eigenvalue weighted by Gasteiger charge is 2.31. The van der Waals surface area contributed by atoms with Gasteiger partial charge in [0.15, 0.2) is 18.2 Å². The zero-order chi connectivity index (χ0) is 31.8. The van der Waals surface area contributed by atoms with Gasteiger partial charge >= 0.3 is 11.9 Å². The fourth-order valence-electron chi connectivity index (χ4n) is 4.72. The molecule has 2 aliphatic rings. The largest absolute Gasteiger partial charge is 0.495 e. The van der Waals surface area contributed by atoms with Gasteiger partial charge in [0.05, 0.1) is 41.2 Å². The van der Waals surface area contributed by atoms with Crippen LogP contribution in [-0.2, 0) is 27.5 Å². The van der Waals surface area contributed by atoms with Gasteiger partial charge in [-0.15, -0.1) is 0 Å². The number of methoxy groups -OCH3 is 1. The molecule has 3 aromatic rings. The zero-order valence-corrected chi connectivity index (χ0v) is 24.4. The lowest BCUT2D eigenvalue weighted by Gasteiger charge is -2.19. The van der Waals surface area contributed by atoms with Crippen LogP contribution in [0, 0.1) is 5.92 Å². The van der Waals surface area contributed by atoms with Crippen molar-refractivity contribution in [3.63, 3.8) is 0 Å². The molecule has 44 heavy (non-hydrogen) atoms. The van der Waals surface area contributed by atoms with E-state index in [2.05, 4.69) is 25.5 Å². The first kappa shape index (κ1) is 32.3. The standard InChI is InChI=1S/C24H27ClN6O5.C4H4O4/c1-35-15-6-19-17(27-9-15)2-3-23(34)31(19)5-4-30-11-14(20(32)12-30)8-26-10-18-16(25)7-21-24(28-18)29-22(33)13-36-21;5-3(6)1-2-4(7)8/h2-3,6-7,9,14,20,26,32H,4-5,8,10-13H2,1H3,(H,28,29,33);1-2H,(H,5,6)(H,7,8)/t14-,20+;/m0./s1. The number of nitrogens with zero attached hydrogens (tertiary/aromatic N) is 4. The number of amides is 1. The van der Waals surface area contributed by atoms with E-state index < -0.39 is 18.0 Å². The van der Waals surface area contributed by atoms with E-state index in [4.69, 9.17) is 31.3 Å². The Bertz CT molecular complexity index is 1610. The second-order valence-electron chi connectivity index (χ2n) is 9.93. The molecule has 0 bridgehead atoms. The number of aliphatic carboxylic acids is 2. The maximum atomic E-state index is 12.5. The smallest absolute Gasteiger partial charge is 0.328 e. The second-order valence-corrected chi connectivity index (χ2v) is 10.3. The van der Waals surface area contributed by atoms with E-state index in [1.807, 2.05) is 6.07 Å². The van der Waals surface area contributed by atoms with Gasteiger partial charge in [-0.25, -0.2) is 14.6 Å². The monoisotopic (exact) mass is 630 g/mol. The lowest BCUT2D eigenvalue weighted by Crippen LogP contribution is -2.31. The van der Waals surface area contributed by atoms with Crippen LogP contribution in [0.5, 0.6) is 11.5 Å². The molecule has 15 nitrogen and oxygen atoms in total. The molecule has 0 unspecified atom stereocenters. The molecule has 3 aromatic heterocycles. The minimum atomic E-state index is -1.26. The number of pyridine rings is 3. The number of β-amino-alcohol motifs (C(OH)–C–C–N with tert-alkyl or cyclic N) is 1. The fraction of sp³-hybridized carbons (Fsp3) is 0.357. The van der Waals surface area contributed by atoms with Crippen molar-refractivity contribution in [2.24, 2.45) is 5.92 Å².